The first-order chi connectivity index (χ1) is 21.8. The summed E-state index contributed by atoms with van der Waals surface area (Å²) in [4.78, 5) is 2.56. The van der Waals surface area contributed by atoms with Crippen molar-refractivity contribution in [2.75, 3.05) is 0 Å². The van der Waals surface area contributed by atoms with E-state index in [1.165, 1.54) is 65.3 Å². The largest absolute Gasteiger partial charge is 0.309 e. The molecule has 0 atom stereocenters. The van der Waals surface area contributed by atoms with Gasteiger partial charge in [-0.2, -0.15) is 4.58 Å². The number of para-hydroxylation sites is 2. The second-order valence-electron chi connectivity index (χ2n) is 11.2. The summed E-state index contributed by atoms with van der Waals surface area (Å²) in [5.74, 6) is 0. The molecule has 9 rings (SSSR count). The van der Waals surface area contributed by atoms with Crippen molar-refractivity contribution in [1.29, 1.82) is 0 Å². The summed E-state index contributed by atoms with van der Waals surface area (Å²) in [5.41, 5.74) is 12.1. The number of nitrogens with zero attached hydrogens (tertiary/aromatic N) is 2. The molecule has 0 radical (unpaired) electrons. The molecule has 206 valence electrons. The van der Waals surface area contributed by atoms with Crippen molar-refractivity contribution in [3.05, 3.63) is 174 Å². The summed E-state index contributed by atoms with van der Waals surface area (Å²) in [5, 5.41) is 2.54. The van der Waals surface area contributed by atoms with E-state index in [9.17, 15) is 0 Å². The Labute approximate surface area is 260 Å². The van der Waals surface area contributed by atoms with Crippen molar-refractivity contribution in [2.24, 2.45) is 0 Å². The first-order valence-electron chi connectivity index (χ1n) is 14.9. The van der Waals surface area contributed by atoms with Crippen LogP contribution in [0.15, 0.2) is 161 Å². The molecule has 3 heteroatoms. The molecular weight excluding hydrogens is 553 g/mol. The third kappa shape index (κ3) is 3.94. The average molecular weight is 580 g/mol. The molecule has 7 aromatic rings. The quantitative estimate of drug-likeness (QED) is 0.188. The molecule has 0 amide bonds. The lowest BCUT2D eigenvalue weighted by atomic mass is 9.98. The minimum absolute atomic E-state index is 1.16. The Hall–Kier alpha value is -5.38. The summed E-state index contributed by atoms with van der Waals surface area (Å²) in [6.45, 7) is 0. The molecule has 1 aromatic heterocycles. The summed E-state index contributed by atoms with van der Waals surface area (Å²) in [6.07, 6.45) is 6.89. The zero-order valence-corrected chi connectivity index (χ0v) is 24.7. The Morgan fingerprint density at radius 1 is 0.545 bits per heavy atom. The van der Waals surface area contributed by atoms with E-state index in [1.807, 2.05) is 11.8 Å². The first kappa shape index (κ1) is 25.1. The van der Waals surface area contributed by atoms with Gasteiger partial charge in [0.2, 0.25) is 17.1 Å². The number of benzene rings is 6. The van der Waals surface area contributed by atoms with E-state index in [2.05, 4.69) is 173 Å². The van der Waals surface area contributed by atoms with Gasteiger partial charge in [-0.05, 0) is 54.1 Å². The van der Waals surface area contributed by atoms with Gasteiger partial charge in [-0.15, -0.1) is 0 Å². The van der Waals surface area contributed by atoms with Gasteiger partial charge in [0.25, 0.3) is 0 Å². The summed E-state index contributed by atoms with van der Waals surface area (Å²) < 4.78 is 4.84. The second-order valence-corrected chi connectivity index (χ2v) is 12.3. The van der Waals surface area contributed by atoms with Crippen LogP contribution in [0.5, 0.6) is 0 Å². The van der Waals surface area contributed by atoms with Crippen LogP contribution >= 0.6 is 11.8 Å². The summed E-state index contributed by atoms with van der Waals surface area (Å²) in [6, 6.07) is 52.4. The second kappa shape index (κ2) is 10.1. The fraction of sp³-hybridized carbons (Fsp3) is 0. The van der Waals surface area contributed by atoms with Crippen LogP contribution < -0.4 is 0 Å². The molecule has 0 aliphatic carbocycles. The molecular formula is C41H27N2S+. The Morgan fingerprint density at radius 3 is 2.18 bits per heavy atom. The highest BCUT2D eigenvalue weighted by Gasteiger charge is 2.34. The predicted octanol–water partition coefficient (Wildman–Crippen LogP) is 10.6. The molecule has 2 nitrogen and oxygen atoms in total. The molecule has 0 bridgehead atoms. The maximum atomic E-state index is 2.46. The highest BCUT2D eigenvalue weighted by atomic mass is 32.2. The fourth-order valence-corrected chi connectivity index (χ4v) is 7.65. The van der Waals surface area contributed by atoms with Crippen molar-refractivity contribution < 1.29 is 4.58 Å². The van der Waals surface area contributed by atoms with Crippen molar-refractivity contribution in [1.82, 2.24) is 4.57 Å². The number of allylic oxidation sites excluding steroid dienone is 1. The maximum absolute atomic E-state index is 2.46. The molecule has 0 N–H and O–H groups in total. The van der Waals surface area contributed by atoms with Gasteiger partial charge in [0.15, 0.2) is 0 Å². The van der Waals surface area contributed by atoms with E-state index < -0.39 is 0 Å². The molecule has 0 fully saturated rings. The fourth-order valence-electron chi connectivity index (χ4n) is 6.60. The highest BCUT2D eigenvalue weighted by molar-refractivity contribution is 7.99. The van der Waals surface area contributed by atoms with Gasteiger partial charge in [-0.1, -0.05) is 109 Å². The zero-order valence-electron chi connectivity index (χ0n) is 23.9. The SMILES string of the molecule is C1=Cc2c(ccc3c4ccccc4n(-c4cccc(C5=CC(c6ccccc6)=[N+]5c5ccccc5)c4)c23)Sc2ccccc21. The van der Waals surface area contributed by atoms with Gasteiger partial charge in [-0.3, -0.25) is 0 Å². The summed E-state index contributed by atoms with van der Waals surface area (Å²) in [7, 11) is 0. The topological polar surface area (TPSA) is 7.94 Å². The van der Waals surface area contributed by atoms with Gasteiger partial charge in [-0.25, -0.2) is 0 Å². The molecule has 0 unspecified atom stereocenters. The summed E-state index contributed by atoms with van der Waals surface area (Å²) >= 11 is 1.85. The van der Waals surface area contributed by atoms with Crippen molar-refractivity contribution in [3.8, 4) is 5.69 Å². The average Bonchev–Trinajstić information content (AvgIpc) is 3.27. The van der Waals surface area contributed by atoms with E-state index in [0.29, 0.717) is 0 Å². The molecule has 0 saturated carbocycles. The molecule has 2 aliphatic heterocycles. The van der Waals surface area contributed by atoms with Gasteiger partial charge in [0.1, 0.15) is 0 Å². The van der Waals surface area contributed by atoms with Crippen molar-refractivity contribution >= 4 is 62.8 Å². The van der Waals surface area contributed by atoms with Crippen LogP contribution in [0.25, 0.3) is 45.3 Å². The molecule has 44 heavy (non-hydrogen) atoms. The van der Waals surface area contributed by atoms with Crippen LogP contribution in [-0.2, 0) is 0 Å². The van der Waals surface area contributed by atoms with E-state index >= 15 is 0 Å². The standard InChI is InChI=1S/C41H27N2S/c1-3-12-28(13-4-1)37-27-38(42(37)31-16-5-2-6-17-31)30-15-11-18-32(26-30)43-36-20-9-8-19-33(36)34-24-25-40-35(41(34)43)23-22-29-14-7-10-21-39(29)44-40/h1-27H/q+1. The molecule has 0 spiro atoms. The van der Waals surface area contributed by atoms with Crippen LogP contribution in [0, 0.1) is 0 Å². The van der Waals surface area contributed by atoms with Gasteiger partial charge >= 0.3 is 0 Å². The number of rotatable bonds is 4. The van der Waals surface area contributed by atoms with E-state index in [0.717, 1.165) is 11.4 Å². The zero-order chi connectivity index (χ0) is 29.0. The van der Waals surface area contributed by atoms with E-state index in [-0.39, 0.29) is 0 Å². The lowest BCUT2D eigenvalue weighted by molar-refractivity contribution is -0.341. The number of fused-ring (bicyclic) bond motifs is 6. The molecule has 3 heterocycles. The molecule has 6 aromatic carbocycles. The minimum atomic E-state index is 1.16. The predicted molar refractivity (Wildman–Crippen MR) is 185 cm³/mol. The van der Waals surface area contributed by atoms with Crippen LogP contribution in [0.4, 0.5) is 5.69 Å². The molecule has 2 aliphatic rings. The number of hydrogen-bond acceptors (Lipinski definition) is 1. The lowest BCUT2D eigenvalue weighted by Crippen LogP contribution is -2.25. The maximum Gasteiger partial charge on any atom is 0.225 e. The first-order valence-corrected chi connectivity index (χ1v) is 15.8. The van der Waals surface area contributed by atoms with Crippen LogP contribution in [0.1, 0.15) is 22.3 Å². The van der Waals surface area contributed by atoms with Crippen LogP contribution in [0.3, 0.4) is 0 Å². The van der Waals surface area contributed by atoms with Crippen molar-refractivity contribution in [3.63, 3.8) is 0 Å². The van der Waals surface area contributed by atoms with Gasteiger partial charge in [0, 0.05) is 55.1 Å². The minimum Gasteiger partial charge on any atom is -0.309 e. The Balaban J connectivity index is 1.24. The van der Waals surface area contributed by atoms with Crippen molar-refractivity contribution in [2.45, 2.75) is 9.79 Å². The molecule has 0 saturated heterocycles. The van der Waals surface area contributed by atoms with Gasteiger partial charge < -0.3 is 4.57 Å². The van der Waals surface area contributed by atoms with Crippen LogP contribution in [0.2, 0.25) is 0 Å². The van der Waals surface area contributed by atoms with E-state index in [4.69, 9.17) is 0 Å². The van der Waals surface area contributed by atoms with E-state index in [1.54, 1.807) is 0 Å². The normalized spacial score (nSPS) is 13.8. The monoisotopic (exact) mass is 579 g/mol. The highest BCUT2D eigenvalue weighted by Crippen LogP contribution is 2.44. The smallest absolute Gasteiger partial charge is 0.225 e. The Morgan fingerprint density at radius 2 is 1.30 bits per heavy atom. The Bertz CT molecular complexity index is 2340. The number of hydrogen-bond donors (Lipinski definition) is 0. The number of aromatic nitrogens is 1. The van der Waals surface area contributed by atoms with Crippen LogP contribution in [-0.4, -0.2) is 14.9 Å². The Kier molecular flexibility index (Phi) is 5.78. The third-order valence-electron chi connectivity index (χ3n) is 8.64. The van der Waals surface area contributed by atoms with Gasteiger partial charge in [0.05, 0.1) is 17.1 Å². The lowest BCUT2D eigenvalue weighted by Gasteiger charge is -2.18. The third-order valence-corrected chi connectivity index (χ3v) is 9.81.